The number of rotatable bonds is 1. The van der Waals surface area contributed by atoms with E-state index < -0.39 is 12.8 Å². The molecule has 0 amide bonds. The van der Waals surface area contributed by atoms with Gasteiger partial charge in [0.25, 0.3) is 0 Å². The molecule has 0 aliphatic carbocycles. The average Bonchev–Trinajstić information content (AvgIpc) is 1.80. The van der Waals surface area contributed by atoms with Crippen molar-refractivity contribution in [3.8, 4) is 12.3 Å². The van der Waals surface area contributed by atoms with Crippen LogP contribution in [-0.4, -0.2) is 12.6 Å². The van der Waals surface area contributed by atoms with E-state index in [0.717, 1.165) is 0 Å². The van der Waals surface area contributed by atoms with Crippen LogP contribution in [0.1, 0.15) is 11.0 Å². The summed E-state index contributed by atoms with van der Waals surface area (Å²) in [5.41, 5.74) is 0. The SMILES string of the molecule is [2H]C([2H])([2H])C(=O)OCC#C. The summed E-state index contributed by atoms with van der Waals surface area (Å²) in [6.07, 6.45) is 4.71. The minimum absolute atomic E-state index is 0.294. The Kier molecular flexibility index (Phi) is 1.09. The molecule has 0 aliphatic rings. The first-order chi connectivity index (χ1) is 4.48. The molecule has 2 nitrogen and oxygen atoms in total. The van der Waals surface area contributed by atoms with Gasteiger partial charge in [0.15, 0.2) is 6.61 Å². The van der Waals surface area contributed by atoms with Gasteiger partial charge in [-0.05, 0) is 0 Å². The van der Waals surface area contributed by atoms with Gasteiger partial charge < -0.3 is 4.74 Å². The number of esters is 1. The lowest BCUT2D eigenvalue weighted by atomic mass is 10.7. The smallest absolute Gasteiger partial charge is 0.303 e. The molecular formula is C5H6O2. The molecule has 0 saturated heterocycles. The van der Waals surface area contributed by atoms with Gasteiger partial charge in [0.2, 0.25) is 0 Å². The zero-order valence-electron chi connectivity index (χ0n) is 6.60. The number of carbonyl (C=O) groups is 1. The number of ether oxygens (including phenoxy) is 1. The third-order valence-corrected chi connectivity index (χ3v) is 0.287. The minimum atomic E-state index is -2.70. The summed E-state index contributed by atoms with van der Waals surface area (Å²) in [4.78, 5) is 10.3. The zero-order chi connectivity index (χ0) is 8.20. The monoisotopic (exact) mass is 101 g/mol. The predicted octanol–water partition coefficient (Wildman–Crippen LogP) is 0.183. The first-order valence-corrected chi connectivity index (χ1v) is 1.59. The van der Waals surface area contributed by atoms with Gasteiger partial charge in [-0.3, -0.25) is 4.79 Å². The van der Waals surface area contributed by atoms with Crippen LogP contribution in [0.25, 0.3) is 0 Å². The number of terminal acetylenes is 1. The minimum Gasteiger partial charge on any atom is -0.453 e. The van der Waals surface area contributed by atoms with Gasteiger partial charge in [0.1, 0.15) is 0 Å². The molecule has 0 N–H and O–H groups in total. The van der Waals surface area contributed by atoms with Crippen LogP contribution >= 0.6 is 0 Å². The number of hydrogen-bond donors (Lipinski definition) is 0. The number of carbonyl (C=O) groups excluding carboxylic acids is 1. The van der Waals surface area contributed by atoms with Crippen molar-refractivity contribution in [1.82, 2.24) is 0 Å². The van der Waals surface area contributed by atoms with Gasteiger partial charge in [-0.1, -0.05) is 5.92 Å². The Labute approximate surface area is 46.7 Å². The van der Waals surface area contributed by atoms with E-state index in [9.17, 15) is 4.79 Å². The number of hydrogen-bond acceptors (Lipinski definition) is 2. The summed E-state index contributed by atoms with van der Waals surface area (Å²) < 4.78 is 23.6. The summed E-state index contributed by atoms with van der Waals surface area (Å²) in [5, 5.41) is 0. The van der Waals surface area contributed by atoms with Crippen LogP contribution in [-0.2, 0) is 9.53 Å². The maximum absolute atomic E-state index is 10.3. The molecule has 0 saturated carbocycles. The molecule has 38 valence electrons. The van der Waals surface area contributed by atoms with E-state index in [1.165, 1.54) is 0 Å². The third-order valence-electron chi connectivity index (χ3n) is 0.287. The van der Waals surface area contributed by atoms with E-state index in [1.807, 2.05) is 5.92 Å². The lowest BCUT2D eigenvalue weighted by molar-refractivity contribution is -0.139. The van der Waals surface area contributed by atoms with Crippen LogP contribution in [0.4, 0.5) is 0 Å². The molecule has 0 spiro atoms. The Morgan fingerprint density at radius 3 is 3.43 bits per heavy atom. The van der Waals surface area contributed by atoms with E-state index in [-0.39, 0.29) is 6.61 Å². The maximum atomic E-state index is 10.3. The lowest BCUT2D eigenvalue weighted by Gasteiger charge is -1.89. The van der Waals surface area contributed by atoms with E-state index in [1.54, 1.807) is 0 Å². The molecule has 0 atom stereocenters. The summed E-state index contributed by atoms with van der Waals surface area (Å²) in [5.74, 6) is 0.719. The first kappa shape index (κ1) is 2.37. The van der Waals surface area contributed by atoms with Crippen molar-refractivity contribution < 1.29 is 13.6 Å². The molecule has 0 heterocycles. The summed E-state index contributed by atoms with van der Waals surface area (Å²) in [7, 11) is 0. The van der Waals surface area contributed by atoms with Gasteiger partial charge in [0, 0.05) is 11.0 Å². The predicted molar refractivity (Wildman–Crippen MR) is 25.5 cm³/mol. The molecule has 0 aromatic carbocycles. The quantitative estimate of drug-likeness (QED) is 0.348. The van der Waals surface area contributed by atoms with Crippen molar-refractivity contribution in [3.63, 3.8) is 0 Å². The fourth-order valence-corrected chi connectivity index (χ4v) is 0.107. The maximum Gasteiger partial charge on any atom is 0.303 e. The molecule has 0 rings (SSSR count). The van der Waals surface area contributed by atoms with Crippen LogP contribution in [0.3, 0.4) is 0 Å². The second kappa shape index (κ2) is 3.23. The zero-order valence-corrected chi connectivity index (χ0v) is 3.60. The highest BCUT2D eigenvalue weighted by Gasteiger charge is 1.83. The van der Waals surface area contributed by atoms with Crippen molar-refractivity contribution in [2.45, 2.75) is 6.85 Å². The fourth-order valence-electron chi connectivity index (χ4n) is 0.107. The van der Waals surface area contributed by atoms with E-state index in [0.29, 0.717) is 0 Å². The normalized spacial score (nSPS) is 15.0. The molecule has 0 aromatic heterocycles. The van der Waals surface area contributed by atoms with Crippen LogP contribution in [0.2, 0.25) is 0 Å². The molecule has 0 aliphatic heterocycles. The first-order valence-electron chi connectivity index (χ1n) is 3.09. The molecule has 0 aromatic rings. The topological polar surface area (TPSA) is 26.3 Å². The standard InChI is InChI=1S/C5H6O2/c1-3-4-7-5(2)6/h1H,4H2,2H3/i2D3. The highest BCUT2D eigenvalue weighted by atomic mass is 16.5. The Balaban J connectivity index is 3.78. The van der Waals surface area contributed by atoms with Crippen LogP contribution in [0.15, 0.2) is 0 Å². The molecule has 2 heteroatoms. The van der Waals surface area contributed by atoms with Crippen LogP contribution in [0.5, 0.6) is 0 Å². The van der Waals surface area contributed by atoms with Crippen LogP contribution < -0.4 is 0 Å². The Morgan fingerprint density at radius 1 is 2.29 bits per heavy atom. The largest absolute Gasteiger partial charge is 0.453 e. The van der Waals surface area contributed by atoms with Gasteiger partial charge in [0.05, 0.1) is 0 Å². The molecular weight excluding hydrogens is 92.1 g/mol. The molecule has 0 radical (unpaired) electrons. The second-order valence-electron chi connectivity index (χ2n) is 0.780. The van der Waals surface area contributed by atoms with Crippen molar-refractivity contribution in [2.75, 3.05) is 6.61 Å². The summed E-state index contributed by atoms with van der Waals surface area (Å²) in [6, 6.07) is 0. The van der Waals surface area contributed by atoms with Crippen molar-refractivity contribution in [2.24, 2.45) is 0 Å². The molecule has 0 unspecified atom stereocenters. The highest BCUT2D eigenvalue weighted by Crippen LogP contribution is 1.70. The third kappa shape index (κ3) is 5.03. The Hall–Kier alpha value is -0.970. The summed E-state index contributed by atoms with van der Waals surface area (Å²) >= 11 is 0. The molecule has 7 heavy (non-hydrogen) atoms. The van der Waals surface area contributed by atoms with Gasteiger partial charge in [-0.25, -0.2) is 0 Å². The van der Waals surface area contributed by atoms with E-state index in [2.05, 4.69) is 4.74 Å². The second-order valence-corrected chi connectivity index (χ2v) is 0.780. The highest BCUT2D eigenvalue weighted by molar-refractivity contribution is 5.66. The Morgan fingerprint density at radius 2 is 3.00 bits per heavy atom. The average molecular weight is 101 g/mol. The van der Waals surface area contributed by atoms with E-state index in [4.69, 9.17) is 10.5 Å². The molecule has 0 bridgehead atoms. The van der Waals surface area contributed by atoms with Crippen molar-refractivity contribution in [3.05, 3.63) is 0 Å². The molecule has 0 fully saturated rings. The van der Waals surface area contributed by atoms with Crippen LogP contribution in [0, 0.1) is 12.3 Å². The van der Waals surface area contributed by atoms with Crippen molar-refractivity contribution in [1.29, 1.82) is 0 Å². The Bertz CT molecular complexity index is 165. The van der Waals surface area contributed by atoms with Gasteiger partial charge in [-0.15, -0.1) is 6.42 Å². The van der Waals surface area contributed by atoms with Crippen molar-refractivity contribution >= 4 is 5.97 Å². The summed E-state index contributed by atoms with van der Waals surface area (Å²) in [6.45, 7) is -2.99. The lowest BCUT2D eigenvalue weighted by Crippen LogP contribution is -1.96. The fraction of sp³-hybridized carbons (Fsp3) is 0.400. The van der Waals surface area contributed by atoms with E-state index >= 15 is 0 Å². The van der Waals surface area contributed by atoms with Gasteiger partial charge in [-0.2, -0.15) is 0 Å². The van der Waals surface area contributed by atoms with Gasteiger partial charge >= 0.3 is 5.97 Å².